The Hall–Kier alpha value is -1.82. The Kier molecular flexibility index (Phi) is 5.63. The van der Waals surface area contributed by atoms with Crippen LogP contribution in [-0.2, 0) is 11.8 Å². The summed E-state index contributed by atoms with van der Waals surface area (Å²) in [5.74, 6) is 1.06. The molecule has 0 N–H and O–H groups in total. The number of fused-ring (bicyclic) bond motifs is 1. The summed E-state index contributed by atoms with van der Waals surface area (Å²) in [7, 11) is 0. The predicted octanol–water partition coefficient (Wildman–Crippen LogP) is 8.88. The highest BCUT2D eigenvalue weighted by Crippen LogP contribution is 2.45. The standard InChI is InChI=1S/C29H40/c1-18(2)21-13-22(19(3)4)15-23(14-21)27-25-17-24(28(5,6)7)16-20(25)11-12-26(27)29(8,9)10/h11-15,17-19H,16H2,1-10H3. The summed E-state index contributed by atoms with van der Waals surface area (Å²) in [5, 5.41) is 0. The quantitative estimate of drug-likeness (QED) is 0.492. The summed E-state index contributed by atoms with van der Waals surface area (Å²) >= 11 is 0. The van der Waals surface area contributed by atoms with E-state index in [0.29, 0.717) is 11.8 Å². The first kappa shape index (κ1) is 21.9. The monoisotopic (exact) mass is 388 g/mol. The van der Waals surface area contributed by atoms with Gasteiger partial charge in [-0.3, -0.25) is 0 Å². The van der Waals surface area contributed by atoms with Gasteiger partial charge in [-0.05, 0) is 68.0 Å². The van der Waals surface area contributed by atoms with Crippen LogP contribution in [0.5, 0.6) is 0 Å². The van der Waals surface area contributed by atoms with Crippen molar-refractivity contribution in [1.29, 1.82) is 0 Å². The van der Waals surface area contributed by atoms with Gasteiger partial charge in [0.15, 0.2) is 0 Å². The lowest BCUT2D eigenvalue weighted by Gasteiger charge is -2.26. The minimum absolute atomic E-state index is 0.106. The highest BCUT2D eigenvalue weighted by atomic mass is 14.3. The molecule has 0 aromatic heterocycles. The minimum atomic E-state index is 0.106. The van der Waals surface area contributed by atoms with Crippen molar-refractivity contribution in [3.63, 3.8) is 0 Å². The summed E-state index contributed by atoms with van der Waals surface area (Å²) in [4.78, 5) is 0. The topological polar surface area (TPSA) is 0 Å². The van der Waals surface area contributed by atoms with Gasteiger partial charge < -0.3 is 0 Å². The van der Waals surface area contributed by atoms with Crippen molar-refractivity contribution in [1.82, 2.24) is 0 Å². The molecule has 0 nitrogen and oxygen atoms in total. The highest BCUT2D eigenvalue weighted by Gasteiger charge is 2.29. The number of benzene rings is 2. The zero-order valence-corrected chi connectivity index (χ0v) is 20.3. The van der Waals surface area contributed by atoms with E-state index in [2.05, 4.69) is 106 Å². The molecule has 0 bridgehead atoms. The van der Waals surface area contributed by atoms with Crippen molar-refractivity contribution < 1.29 is 0 Å². The summed E-state index contributed by atoms with van der Waals surface area (Å²) in [6.45, 7) is 23.3. The SMILES string of the molecule is CC(C)c1cc(-c2c(C(C)(C)C)ccc3c2C=C(C(C)(C)C)C3)cc(C(C)C)c1. The average Bonchev–Trinajstić information content (AvgIpc) is 3.04. The van der Waals surface area contributed by atoms with Crippen molar-refractivity contribution in [2.45, 2.75) is 92.9 Å². The van der Waals surface area contributed by atoms with Crippen LogP contribution in [0.3, 0.4) is 0 Å². The number of hydrogen-bond donors (Lipinski definition) is 0. The Morgan fingerprint density at radius 2 is 1.28 bits per heavy atom. The Morgan fingerprint density at radius 1 is 0.724 bits per heavy atom. The van der Waals surface area contributed by atoms with Gasteiger partial charge >= 0.3 is 0 Å². The molecule has 0 amide bonds. The van der Waals surface area contributed by atoms with Gasteiger partial charge in [0.25, 0.3) is 0 Å². The molecule has 0 heteroatoms. The van der Waals surface area contributed by atoms with Crippen LogP contribution >= 0.6 is 0 Å². The average molecular weight is 389 g/mol. The fraction of sp³-hybridized carbons (Fsp3) is 0.517. The van der Waals surface area contributed by atoms with E-state index in [1.807, 2.05) is 0 Å². The van der Waals surface area contributed by atoms with Crippen LogP contribution in [0.4, 0.5) is 0 Å². The fourth-order valence-electron chi connectivity index (χ4n) is 4.32. The summed E-state index contributed by atoms with van der Waals surface area (Å²) in [6, 6.07) is 12.1. The van der Waals surface area contributed by atoms with E-state index in [-0.39, 0.29) is 10.8 Å². The molecule has 0 radical (unpaired) electrons. The Balaban J connectivity index is 2.35. The van der Waals surface area contributed by atoms with E-state index in [9.17, 15) is 0 Å². The summed E-state index contributed by atoms with van der Waals surface area (Å²) in [5.41, 5.74) is 12.0. The van der Waals surface area contributed by atoms with Crippen LogP contribution in [0, 0.1) is 5.41 Å². The van der Waals surface area contributed by atoms with E-state index < -0.39 is 0 Å². The lowest BCUT2D eigenvalue weighted by molar-refractivity contribution is 0.498. The fourth-order valence-corrected chi connectivity index (χ4v) is 4.32. The number of hydrogen-bond acceptors (Lipinski definition) is 0. The van der Waals surface area contributed by atoms with Crippen LogP contribution < -0.4 is 0 Å². The van der Waals surface area contributed by atoms with Crippen molar-refractivity contribution in [2.24, 2.45) is 5.41 Å². The van der Waals surface area contributed by atoms with Crippen molar-refractivity contribution in [3.05, 3.63) is 63.7 Å². The second kappa shape index (κ2) is 7.46. The molecule has 2 aromatic rings. The first-order valence-electron chi connectivity index (χ1n) is 11.3. The van der Waals surface area contributed by atoms with Gasteiger partial charge in [0.2, 0.25) is 0 Å². The summed E-state index contributed by atoms with van der Waals surface area (Å²) < 4.78 is 0. The molecule has 156 valence electrons. The van der Waals surface area contributed by atoms with Gasteiger partial charge in [-0.15, -0.1) is 0 Å². The molecule has 2 aromatic carbocycles. The molecule has 3 rings (SSSR count). The van der Waals surface area contributed by atoms with Crippen LogP contribution in [0.15, 0.2) is 35.9 Å². The molecular weight excluding hydrogens is 348 g/mol. The maximum absolute atomic E-state index is 2.50. The normalized spacial score (nSPS) is 14.6. The zero-order valence-electron chi connectivity index (χ0n) is 20.3. The predicted molar refractivity (Wildman–Crippen MR) is 130 cm³/mol. The van der Waals surface area contributed by atoms with Gasteiger partial charge in [0, 0.05) is 0 Å². The zero-order chi connectivity index (χ0) is 21.7. The molecule has 0 aliphatic heterocycles. The first-order valence-corrected chi connectivity index (χ1v) is 11.3. The molecule has 0 unspecified atom stereocenters. The van der Waals surface area contributed by atoms with E-state index in [1.54, 1.807) is 5.57 Å². The Morgan fingerprint density at radius 3 is 1.72 bits per heavy atom. The van der Waals surface area contributed by atoms with Crippen molar-refractivity contribution >= 4 is 6.08 Å². The molecule has 0 spiro atoms. The van der Waals surface area contributed by atoms with Crippen LogP contribution in [0.2, 0.25) is 0 Å². The van der Waals surface area contributed by atoms with Crippen molar-refractivity contribution in [2.75, 3.05) is 0 Å². The van der Waals surface area contributed by atoms with Crippen LogP contribution in [-0.4, -0.2) is 0 Å². The first-order chi connectivity index (χ1) is 13.3. The third-order valence-electron chi connectivity index (χ3n) is 6.41. The lowest BCUT2D eigenvalue weighted by Crippen LogP contribution is -2.14. The second-order valence-corrected chi connectivity index (χ2v) is 11.6. The minimum Gasteiger partial charge on any atom is -0.0598 e. The van der Waals surface area contributed by atoms with Crippen molar-refractivity contribution in [3.8, 4) is 11.1 Å². The maximum Gasteiger partial charge on any atom is -0.00523 e. The molecule has 0 heterocycles. The molecule has 0 saturated heterocycles. The van der Waals surface area contributed by atoms with Gasteiger partial charge in [0.05, 0.1) is 0 Å². The van der Waals surface area contributed by atoms with Gasteiger partial charge in [-0.2, -0.15) is 0 Å². The van der Waals surface area contributed by atoms with Gasteiger partial charge in [0.1, 0.15) is 0 Å². The molecule has 1 aliphatic carbocycles. The third-order valence-corrected chi connectivity index (χ3v) is 6.41. The number of rotatable bonds is 3. The van der Waals surface area contributed by atoms with Crippen LogP contribution in [0.1, 0.15) is 109 Å². The van der Waals surface area contributed by atoms with Gasteiger partial charge in [-0.1, -0.05) is 111 Å². The van der Waals surface area contributed by atoms with Crippen LogP contribution in [0.25, 0.3) is 17.2 Å². The van der Waals surface area contributed by atoms with E-state index in [0.717, 1.165) is 6.42 Å². The molecule has 1 aliphatic rings. The smallest absolute Gasteiger partial charge is 0.00523 e. The number of allylic oxidation sites excluding steroid dienone is 1. The molecule has 0 saturated carbocycles. The van der Waals surface area contributed by atoms with Gasteiger partial charge in [-0.25, -0.2) is 0 Å². The van der Waals surface area contributed by atoms with E-state index in [1.165, 1.54) is 38.9 Å². The third kappa shape index (κ3) is 4.37. The maximum atomic E-state index is 2.50. The van der Waals surface area contributed by atoms with E-state index in [4.69, 9.17) is 0 Å². The highest BCUT2D eigenvalue weighted by molar-refractivity contribution is 5.84. The second-order valence-electron chi connectivity index (χ2n) is 11.6. The molecular formula is C29H40. The summed E-state index contributed by atoms with van der Waals surface area (Å²) in [6.07, 6.45) is 3.58. The Bertz CT molecular complexity index is 911. The molecule has 0 fully saturated rings. The lowest BCUT2D eigenvalue weighted by atomic mass is 9.78. The largest absolute Gasteiger partial charge is 0.0598 e. The molecule has 0 atom stereocenters. The molecule has 29 heavy (non-hydrogen) atoms. The Labute approximate surface area is 179 Å². The van der Waals surface area contributed by atoms with E-state index >= 15 is 0 Å².